The number of hydrogen-bond acceptors (Lipinski definition) is 4. The molecule has 3 nitrogen and oxygen atoms in total. The topological polar surface area (TPSA) is 43.1 Å². The van der Waals surface area contributed by atoms with Crippen LogP contribution in [-0.2, 0) is 6.42 Å². The normalized spacial score (nSPS) is 15.2. The van der Waals surface area contributed by atoms with E-state index in [9.17, 15) is 4.79 Å². The average molecular weight is 298 g/mol. The van der Waals surface area contributed by atoms with E-state index in [0.29, 0.717) is 11.1 Å². The van der Waals surface area contributed by atoms with E-state index in [1.807, 2.05) is 12.1 Å². The van der Waals surface area contributed by atoms with E-state index in [-0.39, 0.29) is 5.78 Å². The van der Waals surface area contributed by atoms with Crippen molar-refractivity contribution < 1.29 is 9.21 Å². The maximum Gasteiger partial charge on any atom is 0.174 e. The molecule has 16 heavy (non-hydrogen) atoms. The second-order valence-electron chi connectivity index (χ2n) is 3.68. The quantitative estimate of drug-likeness (QED) is 0.806. The van der Waals surface area contributed by atoms with E-state index in [0.717, 1.165) is 34.2 Å². The number of fused-ring (bicyclic) bond motifs is 1. The lowest BCUT2D eigenvalue weighted by atomic mass is 10.0. The molecule has 0 saturated carbocycles. The van der Waals surface area contributed by atoms with Gasteiger partial charge in [0.15, 0.2) is 21.2 Å². The molecule has 0 aliphatic heterocycles. The van der Waals surface area contributed by atoms with Crippen LogP contribution in [0.3, 0.4) is 0 Å². The molecule has 1 aliphatic carbocycles. The minimum atomic E-state index is 0.218. The Morgan fingerprint density at radius 1 is 1.38 bits per heavy atom. The molecule has 0 amide bonds. The Labute approximate surface area is 105 Å². The molecule has 0 saturated heterocycles. The van der Waals surface area contributed by atoms with Crippen molar-refractivity contribution >= 4 is 33.0 Å². The average Bonchev–Trinajstić information content (AvgIpc) is 2.84. The van der Waals surface area contributed by atoms with E-state index in [4.69, 9.17) is 4.42 Å². The molecule has 0 spiro atoms. The van der Waals surface area contributed by atoms with Gasteiger partial charge in [-0.1, -0.05) is 0 Å². The lowest BCUT2D eigenvalue weighted by Gasteiger charge is -2.06. The maximum absolute atomic E-state index is 11.7. The monoisotopic (exact) mass is 297 g/mol. The van der Waals surface area contributed by atoms with Gasteiger partial charge in [-0.05, 0) is 40.9 Å². The Morgan fingerprint density at radius 3 is 2.94 bits per heavy atom. The number of carbonyl (C=O) groups is 1. The predicted molar refractivity (Wildman–Crippen MR) is 64.8 cm³/mol. The molecule has 0 N–H and O–H groups in total. The number of furan rings is 1. The van der Waals surface area contributed by atoms with Crippen LogP contribution in [0.15, 0.2) is 21.2 Å². The van der Waals surface area contributed by atoms with Crippen LogP contribution in [0.4, 0.5) is 0 Å². The number of Topliss-reactive ketones (excluding diaryl/α,β-unsaturated/α-hetero) is 1. The molecule has 0 fully saturated rings. The highest BCUT2D eigenvalue weighted by Gasteiger charge is 2.23. The zero-order valence-corrected chi connectivity index (χ0v) is 10.7. The van der Waals surface area contributed by atoms with Crippen molar-refractivity contribution in [3.05, 3.63) is 27.4 Å². The second kappa shape index (κ2) is 3.82. The van der Waals surface area contributed by atoms with Crippen LogP contribution in [0, 0.1) is 0 Å². The molecule has 2 aromatic heterocycles. The van der Waals surface area contributed by atoms with Gasteiger partial charge in [0, 0.05) is 6.42 Å². The summed E-state index contributed by atoms with van der Waals surface area (Å²) in [5.74, 6) is 0.940. The van der Waals surface area contributed by atoms with Crippen LogP contribution in [0.2, 0.25) is 0 Å². The van der Waals surface area contributed by atoms with Crippen LogP contribution in [0.1, 0.15) is 28.2 Å². The number of rotatable bonds is 1. The first-order valence-electron chi connectivity index (χ1n) is 5.02. The van der Waals surface area contributed by atoms with Gasteiger partial charge in [0.2, 0.25) is 0 Å². The standard InChI is InChI=1S/C11H8BrNO2S/c12-9-5-4-8(15-9)11-13-6-2-1-3-7(14)10(6)16-11/h4-5H,1-3H2. The summed E-state index contributed by atoms with van der Waals surface area (Å²) in [5.41, 5.74) is 0.934. The van der Waals surface area contributed by atoms with E-state index in [1.54, 1.807) is 0 Å². The van der Waals surface area contributed by atoms with Gasteiger partial charge in [0.05, 0.1) is 10.6 Å². The minimum absolute atomic E-state index is 0.218. The molecular formula is C11H8BrNO2S. The van der Waals surface area contributed by atoms with Crippen molar-refractivity contribution in [2.45, 2.75) is 19.3 Å². The number of aromatic nitrogens is 1. The summed E-state index contributed by atoms with van der Waals surface area (Å²) >= 11 is 4.69. The number of nitrogens with zero attached hydrogens (tertiary/aromatic N) is 1. The lowest BCUT2D eigenvalue weighted by molar-refractivity contribution is 0.0976. The van der Waals surface area contributed by atoms with Gasteiger partial charge in [-0.2, -0.15) is 0 Å². The number of carbonyl (C=O) groups excluding carboxylic acids is 1. The number of hydrogen-bond donors (Lipinski definition) is 0. The number of thiazole rings is 1. The first-order chi connectivity index (χ1) is 7.74. The third-order valence-electron chi connectivity index (χ3n) is 2.55. The highest BCUT2D eigenvalue weighted by molar-refractivity contribution is 9.10. The van der Waals surface area contributed by atoms with Gasteiger partial charge >= 0.3 is 0 Å². The summed E-state index contributed by atoms with van der Waals surface area (Å²) < 4.78 is 6.12. The summed E-state index contributed by atoms with van der Waals surface area (Å²) in [7, 11) is 0. The van der Waals surface area contributed by atoms with E-state index in [2.05, 4.69) is 20.9 Å². The highest BCUT2D eigenvalue weighted by atomic mass is 79.9. The van der Waals surface area contributed by atoms with Gasteiger partial charge in [-0.25, -0.2) is 4.98 Å². The fourth-order valence-electron chi connectivity index (χ4n) is 1.80. The van der Waals surface area contributed by atoms with Gasteiger partial charge in [-0.15, -0.1) is 11.3 Å². The molecular weight excluding hydrogens is 290 g/mol. The van der Waals surface area contributed by atoms with Crippen LogP contribution in [-0.4, -0.2) is 10.8 Å². The van der Waals surface area contributed by atoms with Crippen LogP contribution >= 0.6 is 27.3 Å². The van der Waals surface area contributed by atoms with Crippen LogP contribution in [0.25, 0.3) is 10.8 Å². The highest BCUT2D eigenvalue weighted by Crippen LogP contribution is 2.34. The molecule has 2 aromatic rings. The van der Waals surface area contributed by atoms with Crippen LogP contribution < -0.4 is 0 Å². The van der Waals surface area contributed by atoms with Crippen molar-refractivity contribution in [1.29, 1.82) is 0 Å². The molecule has 0 bridgehead atoms. The van der Waals surface area contributed by atoms with Crippen LogP contribution in [0.5, 0.6) is 0 Å². The summed E-state index contributed by atoms with van der Waals surface area (Å²) in [4.78, 5) is 16.9. The maximum atomic E-state index is 11.7. The van der Waals surface area contributed by atoms with Crippen molar-refractivity contribution in [1.82, 2.24) is 4.98 Å². The summed E-state index contributed by atoms with van der Waals surface area (Å²) in [6.07, 6.45) is 2.47. The lowest BCUT2D eigenvalue weighted by Crippen LogP contribution is -2.07. The van der Waals surface area contributed by atoms with Gasteiger partial charge in [-0.3, -0.25) is 4.79 Å². The summed E-state index contributed by atoms with van der Waals surface area (Å²) in [6.45, 7) is 0. The minimum Gasteiger partial charge on any atom is -0.447 e. The zero-order valence-electron chi connectivity index (χ0n) is 8.33. The first kappa shape index (κ1) is 10.2. The smallest absolute Gasteiger partial charge is 0.174 e. The number of ketones is 1. The molecule has 0 radical (unpaired) electrons. The molecule has 3 rings (SSSR count). The van der Waals surface area contributed by atoms with Gasteiger partial charge in [0.25, 0.3) is 0 Å². The Morgan fingerprint density at radius 2 is 2.25 bits per heavy atom. The van der Waals surface area contributed by atoms with Gasteiger partial charge < -0.3 is 4.42 Å². The Balaban J connectivity index is 2.07. The third kappa shape index (κ3) is 1.64. The molecule has 82 valence electrons. The van der Waals surface area contributed by atoms with Gasteiger partial charge in [0.1, 0.15) is 0 Å². The molecule has 0 unspecified atom stereocenters. The number of aryl methyl sites for hydroxylation is 1. The fraction of sp³-hybridized carbons (Fsp3) is 0.273. The van der Waals surface area contributed by atoms with E-state index < -0.39 is 0 Å². The van der Waals surface area contributed by atoms with Crippen molar-refractivity contribution in [3.63, 3.8) is 0 Å². The SMILES string of the molecule is O=C1CCCc2nc(-c3ccc(Br)o3)sc21. The zero-order chi connectivity index (χ0) is 11.1. The molecule has 0 atom stereocenters. The Bertz CT molecular complexity index is 558. The van der Waals surface area contributed by atoms with E-state index in [1.165, 1.54) is 11.3 Å². The molecule has 0 aromatic carbocycles. The molecule has 1 aliphatic rings. The molecule has 5 heteroatoms. The Hall–Kier alpha value is -0.940. The van der Waals surface area contributed by atoms with Crippen molar-refractivity contribution in [2.75, 3.05) is 0 Å². The fourth-order valence-corrected chi connectivity index (χ4v) is 3.15. The summed E-state index contributed by atoms with van der Waals surface area (Å²) in [5, 5.41) is 0.797. The van der Waals surface area contributed by atoms with Crippen molar-refractivity contribution in [3.8, 4) is 10.8 Å². The third-order valence-corrected chi connectivity index (χ3v) is 4.13. The van der Waals surface area contributed by atoms with E-state index >= 15 is 0 Å². The predicted octanol–water partition coefficient (Wildman–Crippen LogP) is 3.68. The second-order valence-corrected chi connectivity index (χ2v) is 5.46. The Kier molecular flexibility index (Phi) is 2.44. The van der Waals surface area contributed by atoms with Crippen molar-refractivity contribution in [2.24, 2.45) is 0 Å². The first-order valence-corrected chi connectivity index (χ1v) is 6.63. The molecule has 2 heterocycles. The number of halogens is 1. The largest absolute Gasteiger partial charge is 0.447 e. The summed E-state index contributed by atoms with van der Waals surface area (Å²) in [6, 6.07) is 3.69.